The lowest BCUT2D eigenvalue weighted by molar-refractivity contribution is -0.384. The van der Waals surface area contributed by atoms with E-state index >= 15 is 0 Å². The summed E-state index contributed by atoms with van der Waals surface area (Å²) in [6, 6.07) is 20.2. The number of nitro groups is 1. The van der Waals surface area contributed by atoms with Crippen LogP contribution in [0.2, 0.25) is 0 Å². The van der Waals surface area contributed by atoms with E-state index in [-0.39, 0.29) is 29.1 Å². The van der Waals surface area contributed by atoms with Gasteiger partial charge in [0.25, 0.3) is 11.6 Å². The van der Waals surface area contributed by atoms with Crippen LogP contribution in [-0.2, 0) is 11.4 Å². The molecule has 0 aromatic heterocycles. The van der Waals surface area contributed by atoms with Gasteiger partial charge in [-0.3, -0.25) is 14.9 Å². The molecule has 164 valence electrons. The number of nitrogens with one attached hydrogen (secondary N) is 1. The number of aromatic carboxylic acids is 1. The SMILES string of the molecule is N#CC(=Cc1ccc(OCc2ccc([N+](=O)[O-])cc2)cc1)C(=O)Nc1cccc(C(=O)O)c1. The van der Waals surface area contributed by atoms with Crippen LogP contribution in [0.25, 0.3) is 6.08 Å². The summed E-state index contributed by atoms with van der Waals surface area (Å²) in [5, 5.41) is 31.6. The Bertz CT molecular complexity index is 1260. The number of carboxylic acid groups (broad SMARTS) is 1. The molecule has 9 nitrogen and oxygen atoms in total. The normalized spacial score (nSPS) is 10.7. The Kier molecular flexibility index (Phi) is 7.13. The minimum absolute atomic E-state index is 0.00168. The van der Waals surface area contributed by atoms with E-state index in [9.17, 15) is 25.0 Å². The van der Waals surface area contributed by atoms with Gasteiger partial charge in [0, 0.05) is 17.8 Å². The first kappa shape index (κ1) is 22.7. The van der Waals surface area contributed by atoms with Crippen molar-refractivity contribution in [3.63, 3.8) is 0 Å². The van der Waals surface area contributed by atoms with Crippen molar-refractivity contribution in [2.24, 2.45) is 0 Å². The summed E-state index contributed by atoms with van der Waals surface area (Å²) in [5.41, 5.74) is 1.47. The smallest absolute Gasteiger partial charge is 0.335 e. The van der Waals surface area contributed by atoms with Crippen molar-refractivity contribution >= 4 is 29.3 Å². The number of carbonyl (C=O) groups is 2. The van der Waals surface area contributed by atoms with E-state index in [0.29, 0.717) is 11.3 Å². The molecule has 0 fully saturated rings. The number of ether oxygens (including phenoxy) is 1. The second-order valence-electron chi connectivity index (χ2n) is 6.79. The summed E-state index contributed by atoms with van der Waals surface area (Å²) in [6.07, 6.45) is 1.40. The first-order valence-corrected chi connectivity index (χ1v) is 9.58. The molecule has 0 saturated heterocycles. The van der Waals surface area contributed by atoms with Crippen molar-refractivity contribution in [3.8, 4) is 11.8 Å². The Hall–Kier alpha value is -4.97. The number of benzene rings is 3. The molecule has 0 unspecified atom stereocenters. The predicted molar refractivity (Wildman–Crippen MR) is 119 cm³/mol. The van der Waals surface area contributed by atoms with E-state index in [2.05, 4.69) is 5.32 Å². The maximum atomic E-state index is 12.4. The average molecular weight is 443 g/mol. The van der Waals surface area contributed by atoms with Gasteiger partial charge in [0.1, 0.15) is 24.0 Å². The van der Waals surface area contributed by atoms with Crippen molar-refractivity contribution < 1.29 is 24.4 Å². The fourth-order valence-corrected chi connectivity index (χ4v) is 2.78. The number of anilines is 1. The number of nitrogens with zero attached hydrogens (tertiary/aromatic N) is 2. The molecule has 0 aliphatic carbocycles. The van der Waals surface area contributed by atoms with Crippen LogP contribution in [0.4, 0.5) is 11.4 Å². The molecule has 3 aromatic rings. The van der Waals surface area contributed by atoms with Crippen molar-refractivity contribution in [2.45, 2.75) is 6.61 Å². The third-order valence-electron chi connectivity index (χ3n) is 4.48. The maximum Gasteiger partial charge on any atom is 0.335 e. The van der Waals surface area contributed by atoms with E-state index in [4.69, 9.17) is 9.84 Å². The molecule has 0 bridgehead atoms. The molecule has 3 rings (SSSR count). The molecule has 0 aliphatic heterocycles. The topological polar surface area (TPSA) is 143 Å². The van der Waals surface area contributed by atoms with E-state index in [1.165, 1.54) is 42.5 Å². The first-order chi connectivity index (χ1) is 15.9. The Morgan fingerprint density at radius 2 is 1.79 bits per heavy atom. The number of carboxylic acids is 1. The van der Waals surface area contributed by atoms with Gasteiger partial charge in [-0.2, -0.15) is 5.26 Å². The monoisotopic (exact) mass is 443 g/mol. The number of non-ortho nitro benzene ring substituents is 1. The average Bonchev–Trinajstić information content (AvgIpc) is 2.82. The summed E-state index contributed by atoms with van der Waals surface area (Å²) < 4.78 is 5.65. The highest BCUT2D eigenvalue weighted by molar-refractivity contribution is 6.10. The maximum absolute atomic E-state index is 12.4. The molecule has 0 aliphatic rings. The van der Waals surface area contributed by atoms with E-state index in [0.717, 1.165) is 5.56 Å². The van der Waals surface area contributed by atoms with Crippen LogP contribution in [0.3, 0.4) is 0 Å². The van der Waals surface area contributed by atoms with Gasteiger partial charge < -0.3 is 15.2 Å². The standard InChI is InChI=1S/C24H17N3O6/c25-14-19(23(28)26-20-3-1-2-18(13-20)24(29)30)12-16-6-10-22(11-7-16)33-15-17-4-8-21(9-5-17)27(31)32/h1-13H,15H2,(H,26,28)(H,29,30). The highest BCUT2D eigenvalue weighted by Crippen LogP contribution is 2.18. The van der Waals surface area contributed by atoms with E-state index in [1.807, 2.05) is 6.07 Å². The van der Waals surface area contributed by atoms with Gasteiger partial charge in [-0.15, -0.1) is 0 Å². The molecule has 33 heavy (non-hydrogen) atoms. The Morgan fingerprint density at radius 1 is 1.09 bits per heavy atom. The van der Waals surface area contributed by atoms with Crippen molar-refractivity contribution in [1.82, 2.24) is 0 Å². The lowest BCUT2D eigenvalue weighted by Gasteiger charge is -2.07. The fourth-order valence-electron chi connectivity index (χ4n) is 2.78. The van der Waals surface area contributed by atoms with Crippen LogP contribution in [0.5, 0.6) is 5.75 Å². The fraction of sp³-hybridized carbons (Fsp3) is 0.0417. The lowest BCUT2D eigenvalue weighted by Crippen LogP contribution is -2.13. The minimum atomic E-state index is -1.13. The number of amides is 1. The molecule has 2 N–H and O–H groups in total. The molecular weight excluding hydrogens is 426 g/mol. The van der Waals surface area contributed by atoms with Crippen LogP contribution in [-0.4, -0.2) is 21.9 Å². The molecule has 9 heteroatoms. The van der Waals surface area contributed by atoms with Gasteiger partial charge >= 0.3 is 5.97 Å². The third-order valence-corrected chi connectivity index (χ3v) is 4.48. The number of nitriles is 1. The summed E-state index contributed by atoms with van der Waals surface area (Å²) in [7, 11) is 0. The van der Waals surface area contributed by atoms with Gasteiger partial charge in [-0.1, -0.05) is 18.2 Å². The summed E-state index contributed by atoms with van der Waals surface area (Å²) in [6.45, 7) is 0.217. The molecule has 0 atom stereocenters. The number of hydrogen-bond acceptors (Lipinski definition) is 6. The number of hydrogen-bond donors (Lipinski definition) is 2. The van der Waals surface area contributed by atoms with Crippen molar-refractivity contribution in [1.29, 1.82) is 5.26 Å². The Labute approximate surface area is 188 Å². The molecule has 0 radical (unpaired) electrons. The first-order valence-electron chi connectivity index (χ1n) is 9.58. The van der Waals surface area contributed by atoms with Crippen LogP contribution in [0, 0.1) is 21.4 Å². The molecular formula is C24H17N3O6. The predicted octanol–water partition coefficient (Wildman–Crippen LogP) is 4.42. The van der Waals surface area contributed by atoms with Gasteiger partial charge in [-0.05, 0) is 59.7 Å². The minimum Gasteiger partial charge on any atom is -0.489 e. The summed E-state index contributed by atoms with van der Waals surface area (Å²) in [5.74, 6) is -1.25. The number of rotatable bonds is 8. The van der Waals surface area contributed by atoms with Crippen molar-refractivity contribution in [2.75, 3.05) is 5.32 Å². The quantitative estimate of drug-likeness (QED) is 0.227. The van der Waals surface area contributed by atoms with Crippen LogP contribution in [0.15, 0.2) is 78.4 Å². The Morgan fingerprint density at radius 3 is 2.39 bits per heavy atom. The highest BCUT2D eigenvalue weighted by atomic mass is 16.6. The number of nitro benzene ring substituents is 1. The third kappa shape index (κ3) is 6.26. The number of carbonyl (C=O) groups excluding carboxylic acids is 1. The summed E-state index contributed by atoms with van der Waals surface area (Å²) >= 11 is 0. The second kappa shape index (κ2) is 10.4. The molecule has 0 saturated carbocycles. The summed E-state index contributed by atoms with van der Waals surface area (Å²) in [4.78, 5) is 33.7. The molecule has 0 heterocycles. The van der Waals surface area contributed by atoms with Crippen molar-refractivity contribution in [3.05, 3.63) is 105 Å². The van der Waals surface area contributed by atoms with E-state index in [1.54, 1.807) is 36.4 Å². The zero-order chi connectivity index (χ0) is 23.8. The van der Waals surface area contributed by atoms with Crippen LogP contribution < -0.4 is 10.1 Å². The second-order valence-corrected chi connectivity index (χ2v) is 6.79. The zero-order valence-corrected chi connectivity index (χ0v) is 17.1. The lowest BCUT2D eigenvalue weighted by atomic mass is 10.1. The van der Waals surface area contributed by atoms with Gasteiger partial charge in [0.05, 0.1) is 10.5 Å². The van der Waals surface area contributed by atoms with Crippen LogP contribution in [0.1, 0.15) is 21.5 Å². The van der Waals surface area contributed by atoms with Gasteiger partial charge in [0.2, 0.25) is 0 Å². The van der Waals surface area contributed by atoms with Gasteiger partial charge in [0.15, 0.2) is 0 Å². The molecule has 0 spiro atoms. The zero-order valence-electron chi connectivity index (χ0n) is 17.1. The molecule has 1 amide bonds. The largest absolute Gasteiger partial charge is 0.489 e. The van der Waals surface area contributed by atoms with Gasteiger partial charge in [-0.25, -0.2) is 4.79 Å². The Balaban J connectivity index is 1.63. The highest BCUT2D eigenvalue weighted by Gasteiger charge is 2.11. The van der Waals surface area contributed by atoms with E-state index < -0.39 is 16.8 Å². The molecule has 3 aromatic carbocycles. The van der Waals surface area contributed by atoms with Crippen LogP contribution >= 0.6 is 0 Å².